The second-order valence-corrected chi connectivity index (χ2v) is 2.21. The van der Waals surface area contributed by atoms with E-state index in [1.165, 1.54) is 0 Å². The molecule has 0 aliphatic heterocycles. The van der Waals surface area contributed by atoms with Gasteiger partial charge in [0.2, 0.25) is 0 Å². The van der Waals surface area contributed by atoms with E-state index in [1.54, 1.807) is 0 Å². The molecule has 0 amide bonds. The molecule has 1 heteroatoms. The van der Waals surface area contributed by atoms with Crippen molar-refractivity contribution in [3.63, 3.8) is 0 Å². The van der Waals surface area contributed by atoms with Crippen molar-refractivity contribution in [1.82, 2.24) is 4.90 Å². The third kappa shape index (κ3) is 4.26. The predicted octanol–water partition coefficient (Wildman–Crippen LogP) is 2.09. The monoisotopic (exact) mass is 139 g/mol. The van der Waals surface area contributed by atoms with Crippen molar-refractivity contribution in [1.29, 1.82) is 0 Å². The molecule has 0 heterocycles. The van der Waals surface area contributed by atoms with E-state index < -0.39 is 0 Å². The van der Waals surface area contributed by atoms with Gasteiger partial charge >= 0.3 is 0 Å². The minimum Gasteiger partial charge on any atom is -0.333 e. The third-order valence-corrected chi connectivity index (χ3v) is 1.38. The minimum atomic E-state index is 1.02. The largest absolute Gasteiger partial charge is 0.333 e. The molecule has 0 rings (SSSR count). The molecule has 0 unspecified atom stereocenters. The van der Waals surface area contributed by atoms with E-state index in [0.717, 1.165) is 25.9 Å². The number of nitrogens with zero attached hydrogens (tertiary/aromatic N) is 1. The van der Waals surface area contributed by atoms with E-state index >= 15 is 0 Å². The third-order valence-electron chi connectivity index (χ3n) is 1.38. The van der Waals surface area contributed by atoms with Gasteiger partial charge in [0, 0.05) is 25.6 Å². The van der Waals surface area contributed by atoms with Gasteiger partial charge in [0.1, 0.15) is 0 Å². The van der Waals surface area contributed by atoms with Gasteiger partial charge in [-0.3, -0.25) is 0 Å². The summed E-state index contributed by atoms with van der Waals surface area (Å²) in [6.45, 7) is 8.48. The van der Waals surface area contributed by atoms with E-state index in [0.29, 0.717) is 0 Å². The highest BCUT2D eigenvalue weighted by molar-refractivity contribution is 4.97. The topological polar surface area (TPSA) is 3.24 Å². The summed E-state index contributed by atoms with van der Waals surface area (Å²) < 4.78 is 0. The Hall–Kier alpha value is -0.640. The molecule has 0 N–H and O–H groups in total. The zero-order chi connectivity index (χ0) is 7.82. The summed E-state index contributed by atoms with van der Waals surface area (Å²) in [5.41, 5.74) is 0. The summed E-state index contributed by atoms with van der Waals surface area (Å²) in [5.74, 6) is 3.11. The van der Waals surface area contributed by atoms with Gasteiger partial charge in [-0.15, -0.1) is 0 Å². The molecule has 0 radical (unpaired) electrons. The number of unbranched alkanes of at least 4 members (excludes halogenated alkanes) is 1. The summed E-state index contributed by atoms with van der Waals surface area (Å²) >= 11 is 0. The Morgan fingerprint density at radius 2 is 1.70 bits per heavy atom. The molecule has 0 aromatic heterocycles. The molecule has 0 bridgehead atoms. The van der Waals surface area contributed by atoms with Gasteiger partial charge < -0.3 is 4.90 Å². The van der Waals surface area contributed by atoms with Crippen LogP contribution in [0.25, 0.3) is 0 Å². The van der Waals surface area contributed by atoms with Gasteiger partial charge in [-0.2, -0.15) is 0 Å². The van der Waals surface area contributed by atoms with E-state index in [4.69, 9.17) is 0 Å². The summed E-state index contributed by atoms with van der Waals surface area (Å²) in [4.78, 5) is 2.12. The molecule has 1 nitrogen and oxygen atoms in total. The van der Waals surface area contributed by atoms with Crippen molar-refractivity contribution in [3.8, 4) is 12.0 Å². The molecule has 0 fully saturated rings. The van der Waals surface area contributed by atoms with Crippen LogP contribution in [0.4, 0.5) is 0 Å². The highest BCUT2D eigenvalue weighted by Crippen LogP contribution is 1.85. The fraction of sp³-hybridized carbons (Fsp3) is 0.778. The lowest BCUT2D eigenvalue weighted by Gasteiger charge is -2.10. The van der Waals surface area contributed by atoms with Crippen LogP contribution in [0.1, 0.15) is 33.6 Å². The van der Waals surface area contributed by atoms with E-state index in [2.05, 4.69) is 37.6 Å². The van der Waals surface area contributed by atoms with E-state index in [-0.39, 0.29) is 0 Å². The first-order chi connectivity index (χ1) is 4.85. The quantitative estimate of drug-likeness (QED) is 0.427. The highest BCUT2D eigenvalue weighted by atomic mass is 15.1. The van der Waals surface area contributed by atoms with Crippen LogP contribution in [0.3, 0.4) is 0 Å². The van der Waals surface area contributed by atoms with Crippen molar-refractivity contribution < 1.29 is 0 Å². The normalized spacial score (nSPS) is 8.30. The Morgan fingerprint density at radius 3 is 2.10 bits per heavy atom. The van der Waals surface area contributed by atoms with Crippen LogP contribution in [0.15, 0.2) is 0 Å². The minimum absolute atomic E-state index is 1.02. The standard InChI is InChI=1S/C9H17N/c1-4-7-8-9-10(5-2)6-3/h4-7H2,1-3H3. The van der Waals surface area contributed by atoms with Crippen molar-refractivity contribution in [3.05, 3.63) is 0 Å². The molecule has 0 spiro atoms. The van der Waals surface area contributed by atoms with Crippen LogP contribution in [0.2, 0.25) is 0 Å². The molecule has 0 aliphatic rings. The lowest BCUT2D eigenvalue weighted by atomic mass is 10.3. The molecule has 10 heavy (non-hydrogen) atoms. The van der Waals surface area contributed by atoms with Gasteiger partial charge in [0.05, 0.1) is 0 Å². The van der Waals surface area contributed by atoms with E-state index in [9.17, 15) is 0 Å². The summed E-state index contributed by atoms with van der Waals surface area (Å²) in [6.07, 6.45) is 2.19. The second kappa shape index (κ2) is 6.48. The first kappa shape index (κ1) is 9.36. The van der Waals surface area contributed by atoms with Gasteiger partial charge in [-0.25, -0.2) is 0 Å². The van der Waals surface area contributed by atoms with Crippen molar-refractivity contribution in [2.45, 2.75) is 33.6 Å². The first-order valence-corrected chi connectivity index (χ1v) is 4.08. The summed E-state index contributed by atoms with van der Waals surface area (Å²) in [7, 11) is 0. The van der Waals surface area contributed by atoms with Crippen LogP contribution in [0.5, 0.6) is 0 Å². The van der Waals surface area contributed by atoms with Crippen LogP contribution >= 0.6 is 0 Å². The Labute approximate surface area is 64.4 Å². The fourth-order valence-electron chi connectivity index (χ4n) is 0.674. The van der Waals surface area contributed by atoms with Gasteiger partial charge in [-0.1, -0.05) is 12.8 Å². The van der Waals surface area contributed by atoms with Crippen LogP contribution in [-0.4, -0.2) is 18.0 Å². The molecule has 0 aromatic rings. The molecular weight excluding hydrogens is 122 g/mol. The lowest BCUT2D eigenvalue weighted by molar-refractivity contribution is 0.443. The average Bonchev–Trinajstić information content (AvgIpc) is 1.99. The maximum Gasteiger partial charge on any atom is 0.0232 e. The molecule has 58 valence electrons. The van der Waals surface area contributed by atoms with Crippen LogP contribution in [-0.2, 0) is 0 Å². The molecule has 0 aliphatic carbocycles. The molecule has 0 saturated heterocycles. The van der Waals surface area contributed by atoms with Crippen LogP contribution in [0, 0.1) is 12.0 Å². The SMILES string of the molecule is CCCC#CN(CC)CC. The zero-order valence-electron chi connectivity index (χ0n) is 7.28. The maximum atomic E-state index is 3.11. The summed E-state index contributed by atoms with van der Waals surface area (Å²) in [6, 6.07) is 3.10. The lowest BCUT2D eigenvalue weighted by Crippen LogP contribution is -2.15. The van der Waals surface area contributed by atoms with Crippen molar-refractivity contribution in [2.75, 3.05) is 13.1 Å². The Kier molecular flexibility index (Phi) is 6.06. The van der Waals surface area contributed by atoms with Gasteiger partial charge in [0.15, 0.2) is 0 Å². The van der Waals surface area contributed by atoms with Crippen LogP contribution < -0.4 is 0 Å². The smallest absolute Gasteiger partial charge is 0.0232 e. The Morgan fingerprint density at radius 1 is 1.10 bits per heavy atom. The fourth-order valence-corrected chi connectivity index (χ4v) is 0.674. The molecule has 0 saturated carbocycles. The number of hydrogen-bond donors (Lipinski definition) is 0. The average molecular weight is 139 g/mol. The number of hydrogen-bond acceptors (Lipinski definition) is 1. The summed E-state index contributed by atoms with van der Waals surface area (Å²) in [5, 5.41) is 0. The second-order valence-electron chi connectivity index (χ2n) is 2.21. The van der Waals surface area contributed by atoms with Gasteiger partial charge in [-0.05, 0) is 20.3 Å². The predicted molar refractivity (Wildman–Crippen MR) is 45.6 cm³/mol. The van der Waals surface area contributed by atoms with E-state index in [1.807, 2.05) is 0 Å². The number of rotatable bonds is 3. The zero-order valence-corrected chi connectivity index (χ0v) is 7.28. The molecule has 0 atom stereocenters. The maximum absolute atomic E-state index is 3.11. The van der Waals surface area contributed by atoms with Gasteiger partial charge in [0.25, 0.3) is 0 Å². The van der Waals surface area contributed by atoms with Crippen molar-refractivity contribution >= 4 is 0 Å². The first-order valence-electron chi connectivity index (χ1n) is 4.08. The van der Waals surface area contributed by atoms with Crippen molar-refractivity contribution in [2.24, 2.45) is 0 Å². The molecule has 0 aromatic carbocycles. The Bertz CT molecular complexity index is 114. The molecular formula is C9H17N. The Balaban J connectivity index is 3.52. The highest BCUT2D eigenvalue weighted by Gasteiger charge is 1.86.